The van der Waals surface area contributed by atoms with Crippen LogP contribution < -0.4 is 11.3 Å². The van der Waals surface area contributed by atoms with Gasteiger partial charge in [-0.2, -0.15) is 0 Å². The van der Waals surface area contributed by atoms with Crippen LogP contribution in [-0.4, -0.2) is 10.5 Å². The summed E-state index contributed by atoms with van der Waals surface area (Å²) >= 11 is 0. The first kappa shape index (κ1) is 12.9. The van der Waals surface area contributed by atoms with Crippen molar-refractivity contribution in [3.05, 3.63) is 64.6 Å². The monoisotopic (exact) mass is 258 g/mol. The Balaban J connectivity index is 1.95. The number of nitrogens with zero attached hydrogens (tertiary/aromatic N) is 1. The predicted octanol–water partition coefficient (Wildman–Crippen LogP) is 1.17. The van der Waals surface area contributed by atoms with Crippen LogP contribution in [0.5, 0.6) is 0 Å². The highest BCUT2D eigenvalue weighted by Gasteiger charge is 2.06. The fourth-order valence-electron chi connectivity index (χ4n) is 1.60. The van der Waals surface area contributed by atoms with Gasteiger partial charge in [-0.05, 0) is 11.6 Å². The van der Waals surface area contributed by atoms with Crippen LogP contribution >= 0.6 is 0 Å². The summed E-state index contributed by atoms with van der Waals surface area (Å²) in [5, 5.41) is 0. The number of rotatable bonds is 4. The third-order valence-corrected chi connectivity index (χ3v) is 2.55. The molecule has 2 aromatic rings. The van der Waals surface area contributed by atoms with Gasteiger partial charge in [-0.3, -0.25) is 9.59 Å². The van der Waals surface area contributed by atoms with Gasteiger partial charge in [0.25, 0.3) is 5.56 Å². The Morgan fingerprint density at radius 1 is 1.16 bits per heavy atom. The first-order chi connectivity index (χ1) is 9.15. The number of nitrogens with two attached hydrogens (primary N) is 1. The zero-order chi connectivity index (χ0) is 13.7. The molecule has 0 spiro atoms. The van der Waals surface area contributed by atoms with E-state index in [-0.39, 0.29) is 18.7 Å². The van der Waals surface area contributed by atoms with E-state index in [4.69, 9.17) is 10.5 Å². The molecule has 0 aliphatic carbocycles. The number of esters is 1. The number of hydrogen-bond acceptors (Lipinski definition) is 4. The van der Waals surface area contributed by atoms with E-state index < -0.39 is 5.97 Å². The average Bonchev–Trinajstić information content (AvgIpc) is 2.42. The maximum atomic E-state index is 11.6. The second-order valence-corrected chi connectivity index (χ2v) is 4.07. The van der Waals surface area contributed by atoms with Gasteiger partial charge in [0.05, 0.1) is 0 Å². The number of ether oxygens (including phenoxy) is 1. The highest BCUT2D eigenvalue weighted by molar-refractivity contribution is 5.69. The molecular formula is C14H14N2O3. The molecule has 0 fully saturated rings. The summed E-state index contributed by atoms with van der Waals surface area (Å²) in [5.41, 5.74) is 6.60. The lowest BCUT2D eigenvalue weighted by Gasteiger charge is -2.07. The third kappa shape index (κ3) is 3.70. The Morgan fingerprint density at radius 3 is 2.63 bits per heavy atom. The van der Waals surface area contributed by atoms with Crippen LogP contribution in [0.1, 0.15) is 5.56 Å². The molecule has 0 atom stereocenters. The van der Waals surface area contributed by atoms with E-state index in [9.17, 15) is 9.59 Å². The molecule has 0 saturated heterocycles. The van der Waals surface area contributed by atoms with Crippen LogP contribution in [0.3, 0.4) is 0 Å². The summed E-state index contributed by atoms with van der Waals surface area (Å²) in [5.74, 6) is -0.475. The molecule has 0 unspecified atom stereocenters. The second-order valence-electron chi connectivity index (χ2n) is 4.07. The minimum absolute atomic E-state index is 0.142. The molecule has 1 aromatic carbocycles. The standard InChI is InChI=1S/C14H14N2O3/c15-12-6-7-13(17)16(8-12)9-14(18)19-10-11-4-2-1-3-5-11/h1-8H,9-10,15H2. The zero-order valence-corrected chi connectivity index (χ0v) is 10.3. The van der Waals surface area contributed by atoms with Crippen molar-refractivity contribution >= 4 is 11.7 Å². The summed E-state index contributed by atoms with van der Waals surface area (Å²) < 4.78 is 6.31. The molecule has 2 N–H and O–H groups in total. The molecule has 5 nitrogen and oxygen atoms in total. The molecule has 98 valence electrons. The van der Waals surface area contributed by atoms with Crippen LogP contribution in [-0.2, 0) is 22.7 Å². The topological polar surface area (TPSA) is 74.3 Å². The molecule has 19 heavy (non-hydrogen) atoms. The van der Waals surface area contributed by atoms with Crippen molar-refractivity contribution in [3.8, 4) is 0 Å². The molecule has 5 heteroatoms. The molecule has 1 heterocycles. The van der Waals surface area contributed by atoms with E-state index in [2.05, 4.69) is 0 Å². The Kier molecular flexibility index (Phi) is 3.97. The summed E-state index contributed by atoms with van der Waals surface area (Å²) in [4.78, 5) is 23.1. The number of hydrogen-bond donors (Lipinski definition) is 1. The van der Waals surface area contributed by atoms with Crippen molar-refractivity contribution in [2.45, 2.75) is 13.2 Å². The van der Waals surface area contributed by atoms with E-state index in [0.29, 0.717) is 5.69 Å². The minimum atomic E-state index is -0.475. The normalized spacial score (nSPS) is 10.1. The fraction of sp³-hybridized carbons (Fsp3) is 0.143. The Hall–Kier alpha value is -2.56. The Labute approximate surface area is 110 Å². The van der Waals surface area contributed by atoms with Gasteiger partial charge in [0, 0.05) is 18.0 Å². The van der Waals surface area contributed by atoms with Gasteiger partial charge >= 0.3 is 5.97 Å². The van der Waals surface area contributed by atoms with Crippen molar-refractivity contribution in [2.75, 3.05) is 5.73 Å². The van der Waals surface area contributed by atoms with E-state index in [1.807, 2.05) is 30.3 Å². The van der Waals surface area contributed by atoms with Crippen molar-refractivity contribution in [1.82, 2.24) is 4.57 Å². The number of aromatic nitrogens is 1. The highest BCUT2D eigenvalue weighted by Crippen LogP contribution is 2.02. The molecule has 0 saturated carbocycles. The predicted molar refractivity (Wildman–Crippen MR) is 71.4 cm³/mol. The highest BCUT2D eigenvalue weighted by atomic mass is 16.5. The largest absolute Gasteiger partial charge is 0.459 e. The number of benzene rings is 1. The quantitative estimate of drug-likeness (QED) is 0.835. The van der Waals surface area contributed by atoms with Gasteiger partial charge in [0.1, 0.15) is 13.2 Å². The van der Waals surface area contributed by atoms with Gasteiger partial charge in [-0.1, -0.05) is 30.3 Å². The van der Waals surface area contributed by atoms with E-state index in [1.54, 1.807) is 0 Å². The van der Waals surface area contributed by atoms with Gasteiger partial charge in [0.2, 0.25) is 0 Å². The maximum Gasteiger partial charge on any atom is 0.326 e. The second kappa shape index (κ2) is 5.86. The SMILES string of the molecule is Nc1ccc(=O)n(CC(=O)OCc2ccccc2)c1. The number of carbonyl (C=O) groups is 1. The van der Waals surface area contributed by atoms with E-state index in [0.717, 1.165) is 5.56 Å². The van der Waals surface area contributed by atoms with E-state index >= 15 is 0 Å². The minimum Gasteiger partial charge on any atom is -0.459 e. The van der Waals surface area contributed by atoms with Gasteiger partial charge in [-0.25, -0.2) is 0 Å². The molecule has 0 aliphatic heterocycles. The number of carbonyl (C=O) groups excluding carboxylic acids is 1. The lowest BCUT2D eigenvalue weighted by molar-refractivity contribution is -0.145. The average molecular weight is 258 g/mol. The first-order valence-corrected chi connectivity index (χ1v) is 5.80. The summed E-state index contributed by atoms with van der Waals surface area (Å²) in [6.45, 7) is 0.0491. The summed E-state index contributed by atoms with van der Waals surface area (Å²) in [7, 11) is 0. The van der Waals surface area contributed by atoms with Crippen LogP contribution in [0.25, 0.3) is 0 Å². The van der Waals surface area contributed by atoms with Crippen molar-refractivity contribution in [1.29, 1.82) is 0 Å². The lowest BCUT2D eigenvalue weighted by Crippen LogP contribution is -2.24. The number of anilines is 1. The molecule has 0 radical (unpaired) electrons. The smallest absolute Gasteiger partial charge is 0.326 e. The van der Waals surface area contributed by atoms with Gasteiger partial charge < -0.3 is 15.0 Å². The summed E-state index contributed by atoms with van der Waals surface area (Å²) in [6.07, 6.45) is 1.42. The van der Waals surface area contributed by atoms with Gasteiger partial charge in [0.15, 0.2) is 0 Å². The van der Waals surface area contributed by atoms with E-state index in [1.165, 1.54) is 22.9 Å². The van der Waals surface area contributed by atoms with Crippen molar-refractivity contribution in [3.63, 3.8) is 0 Å². The van der Waals surface area contributed by atoms with Crippen LogP contribution in [0, 0.1) is 0 Å². The lowest BCUT2D eigenvalue weighted by atomic mass is 10.2. The third-order valence-electron chi connectivity index (χ3n) is 2.55. The van der Waals surface area contributed by atoms with Crippen LogP contribution in [0.4, 0.5) is 5.69 Å². The van der Waals surface area contributed by atoms with Crippen molar-refractivity contribution < 1.29 is 9.53 Å². The number of nitrogen functional groups attached to an aromatic ring is 1. The molecule has 2 rings (SSSR count). The van der Waals surface area contributed by atoms with Crippen LogP contribution in [0.15, 0.2) is 53.5 Å². The molecule has 0 amide bonds. The molecule has 0 aliphatic rings. The van der Waals surface area contributed by atoms with Gasteiger partial charge in [-0.15, -0.1) is 0 Å². The van der Waals surface area contributed by atoms with Crippen LogP contribution in [0.2, 0.25) is 0 Å². The first-order valence-electron chi connectivity index (χ1n) is 5.80. The van der Waals surface area contributed by atoms with Crippen molar-refractivity contribution in [2.24, 2.45) is 0 Å². The summed E-state index contributed by atoms with van der Waals surface area (Å²) in [6, 6.07) is 12.2. The molecule has 1 aromatic heterocycles. The zero-order valence-electron chi connectivity index (χ0n) is 10.3. The molecule has 0 bridgehead atoms. The molecular weight excluding hydrogens is 244 g/mol. The Bertz CT molecular complexity index is 620. The maximum absolute atomic E-state index is 11.6. The Morgan fingerprint density at radius 2 is 1.89 bits per heavy atom. The fourth-order valence-corrected chi connectivity index (χ4v) is 1.60. The number of pyridine rings is 1.